The van der Waals surface area contributed by atoms with Crippen molar-refractivity contribution < 1.29 is 27.4 Å². The second-order valence-electron chi connectivity index (χ2n) is 4.55. The molecule has 128 valence electrons. The van der Waals surface area contributed by atoms with Gasteiger partial charge in [0, 0.05) is 6.08 Å². The lowest BCUT2D eigenvalue weighted by molar-refractivity contribution is -0.135. The molecule has 0 saturated carbocycles. The van der Waals surface area contributed by atoms with Gasteiger partial charge in [0.25, 0.3) is 0 Å². The molecule has 0 radical (unpaired) electrons. The van der Waals surface area contributed by atoms with Gasteiger partial charge in [-0.15, -0.1) is 0 Å². The Balaban J connectivity index is 2.83. The van der Waals surface area contributed by atoms with Gasteiger partial charge in [-0.05, 0) is 30.2 Å². The molecule has 0 aliphatic heterocycles. The Kier molecular flexibility index (Phi) is 7.22. The number of halogens is 4. The molecule has 0 saturated heterocycles. The van der Waals surface area contributed by atoms with Crippen LogP contribution in [0.5, 0.6) is 11.5 Å². The smallest absolute Gasteiger partial charge is 0.405 e. The molecule has 8 heteroatoms. The van der Waals surface area contributed by atoms with Crippen molar-refractivity contribution in [1.82, 2.24) is 5.32 Å². The van der Waals surface area contributed by atoms with E-state index in [9.17, 15) is 18.0 Å². The van der Waals surface area contributed by atoms with Crippen LogP contribution in [0.2, 0.25) is 5.02 Å². The lowest BCUT2D eigenvalue weighted by Gasteiger charge is -2.12. The van der Waals surface area contributed by atoms with Gasteiger partial charge in [-0.3, -0.25) is 4.79 Å². The van der Waals surface area contributed by atoms with Gasteiger partial charge in [-0.25, -0.2) is 0 Å². The number of rotatable bonds is 7. The minimum Gasteiger partial charge on any atom is -0.493 e. The summed E-state index contributed by atoms with van der Waals surface area (Å²) in [5.74, 6) is -0.0975. The van der Waals surface area contributed by atoms with E-state index in [-0.39, 0.29) is 5.02 Å². The number of amides is 1. The molecule has 1 N–H and O–H groups in total. The highest BCUT2D eigenvalue weighted by Crippen LogP contribution is 2.36. The number of hydrogen-bond acceptors (Lipinski definition) is 3. The fraction of sp³-hybridized carbons (Fsp3) is 0.400. The highest BCUT2D eigenvalue weighted by molar-refractivity contribution is 6.32. The van der Waals surface area contributed by atoms with E-state index < -0.39 is 18.6 Å². The Morgan fingerprint density at radius 1 is 1.39 bits per heavy atom. The quantitative estimate of drug-likeness (QED) is 0.759. The summed E-state index contributed by atoms with van der Waals surface area (Å²) >= 11 is 6.10. The lowest BCUT2D eigenvalue weighted by Crippen LogP contribution is -2.32. The van der Waals surface area contributed by atoms with Crippen molar-refractivity contribution in [3.63, 3.8) is 0 Å². The van der Waals surface area contributed by atoms with Crippen molar-refractivity contribution in [3.8, 4) is 11.5 Å². The molecular formula is C15H17ClF3NO3. The van der Waals surface area contributed by atoms with Crippen LogP contribution in [0.3, 0.4) is 0 Å². The monoisotopic (exact) mass is 351 g/mol. The Hall–Kier alpha value is -1.89. The molecule has 1 aromatic carbocycles. The first-order valence-corrected chi connectivity index (χ1v) is 7.17. The van der Waals surface area contributed by atoms with Crippen LogP contribution in [-0.2, 0) is 4.79 Å². The minimum atomic E-state index is -4.45. The number of benzene rings is 1. The third-order valence-electron chi connectivity index (χ3n) is 2.59. The Bertz CT molecular complexity index is 574. The molecule has 0 aliphatic rings. The van der Waals surface area contributed by atoms with Crippen molar-refractivity contribution in [3.05, 3.63) is 28.8 Å². The molecular weight excluding hydrogens is 335 g/mol. The predicted molar refractivity (Wildman–Crippen MR) is 81.9 cm³/mol. The summed E-state index contributed by atoms with van der Waals surface area (Å²) in [6, 6.07) is 3.10. The summed E-state index contributed by atoms with van der Waals surface area (Å²) in [5.41, 5.74) is 0.498. The topological polar surface area (TPSA) is 47.6 Å². The number of ether oxygens (including phenoxy) is 2. The van der Waals surface area contributed by atoms with E-state index in [1.165, 1.54) is 19.3 Å². The van der Waals surface area contributed by atoms with Gasteiger partial charge in [0.15, 0.2) is 11.5 Å². The van der Waals surface area contributed by atoms with Gasteiger partial charge in [0.05, 0.1) is 18.7 Å². The van der Waals surface area contributed by atoms with E-state index in [0.717, 1.165) is 12.5 Å². The number of hydrogen-bond donors (Lipinski definition) is 1. The third kappa shape index (κ3) is 6.81. The summed E-state index contributed by atoms with van der Waals surface area (Å²) < 4.78 is 46.6. The zero-order valence-corrected chi connectivity index (χ0v) is 13.4. The van der Waals surface area contributed by atoms with Gasteiger partial charge < -0.3 is 14.8 Å². The second kappa shape index (κ2) is 8.67. The van der Waals surface area contributed by atoms with E-state index >= 15 is 0 Å². The first kappa shape index (κ1) is 19.2. The van der Waals surface area contributed by atoms with Crippen LogP contribution in [0.4, 0.5) is 13.2 Å². The molecule has 4 nitrogen and oxygen atoms in total. The molecule has 0 heterocycles. The summed E-state index contributed by atoms with van der Waals surface area (Å²) in [6.45, 7) is 1.02. The number of carbonyl (C=O) groups is 1. The molecule has 1 rings (SSSR count). The highest BCUT2D eigenvalue weighted by Gasteiger charge is 2.27. The van der Waals surface area contributed by atoms with Gasteiger partial charge in [0.2, 0.25) is 5.91 Å². The van der Waals surface area contributed by atoms with E-state index in [1.54, 1.807) is 11.4 Å². The molecule has 1 amide bonds. The predicted octanol–water partition coefficient (Wildman–Crippen LogP) is 3.83. The van der Waals surface area contributed by atoms with Crippen LogP contribution in [0, 0.1) is 0 Å². The van der Waals surface area contributed by atoms with Crippen molar-refractivity contribution in [2.24, 2.45) is 0 Å². The average Bonchev–Trinajstić information content (AvgIpc) is 2.48. The van der Waals surface area contributed by atoms with Gasteiger partial charge in [0.1, 0.15) is 6.54 Å². The Labute approximate surface area is 137 Å². The maximum Gasteiger partial charge on any atom is 0.405 e. The molecule has 0 aromatic heterocycles. The SMILES string of the molecule is CCCOc1c(Cl)cc(/C=C/C(=O)NCC(F)(F)F)cc1OC. The average molecular weight is 352 g/mol. The minimum absolute atomic E-state index is 0.285. The molecule has 0 fully saturated rings. The number of carbonyl (C=O) groups excluding carboxylic acids is 1. The van der Waals surface area contributed by atoms with Crippen molar-refractivity contribution >= 4 is 23.6 Å². The molecule has 0 aliphatic carbocycles. The fourth-order valence-electron chi connectivity index (χ4n) is 1.60. The maximum absolute atomic E-state index is 12.0. The van der Waals surface area contributed by atoms with Crippen molar-refractivity contribution in [2.75, 3.05) is 20.3 Å². The first-order valence-electron chi connectivity index (χ1n) is 6.79. The summed E-state index contributed by atoms with van der Waals surface area (Å²) in [7, 11) is 1.44. The summed E-state index contributed by atoms with van der Waals surface area (Å²) in [6.07, 6.45) is -1.33. The zero-order valence-electron chi connectivity index (χ0n) is 12.7. The Morgan fingerprint density at radius 2 is 2.09 bits per heavy atom. The molecule has 0 unspecified atom stereocenters. The molecule has 0 spiro atoms. The Morgan fingerprint density at radius 3 is 2.65 bits per heavy atom. The van der Waals surface area contributed by atoms with Crippen LogP contribution in [0.1, 0.15) is 18.9 Å². The van der Waals surface area contributed by atoms with Gasteiger partial charge in [-0.2, -0.15) is 13.2 Å². The van der Waals surface area contributed by atoms with Crippen LogP contribution in [-0.4, -0.2) is 32.3 Å². The van der Waals surface area contributed by atoms with Gasteiger partial charge >= 0.3 is 6.18 Å². The third-order valence-corrected chi connectivity index (χ3v) is 2.87. The number of nitrogens with one attached hydrogen (secondary N) is 1. The van der Waals surface area contributed by atoms with Crippen molar-refractivity contribution in [2.45, 2.75) is 19.5 Å². The zero-order chi connectivity index (χ0) is 17.5. The lowest BCUT2D eigenvalue weighted by atomic mass is 10.2. The van der Waals surface area contributed by atoms with Crippen LogP contribution < -0.4 is 14.8 Å². The molecule has 0 bridgehead atoms. The van der Waals surface area contributed by atoms with E-state index in [1.807, 2.05) is 6.92 Å². The molecule has 0 atom stereocenters. The second-order valence-corrected chi connectivity index (χ2v) is 4.96. The number of alkyl halides is 3. The highest BCUT2D eigenvalue weighted by atomic mass is 35.5. The van der Waals surface area contributed by atoms with E-state index in [0.29, 0.717) is 23.7 Å². The van der Waals surface area contributed by atoms with Gasteiger partial charge in [-0.1, -0.05) is 18.5 Å². The van der Waals surface area contributed by atoms with E-state index in [4.69, 9.17) is 21.1 Å². The van der Waals surface area contributed by atoms with Crippen LogP contribution in [0.15, 0.2) is 18.2 Å². The fourth-order valence-corrected chi connectivity index (χ4v) is 1.87. The van der Waals surface area contributed by atoms with Crippen molar-refractivity contribution in [1.29, 1.82) is 0 Å². The molecule has 1 aromatic rings. The normalized spacial score (nSPS) is 11.6. The van der Waals surface area contributed by atoms with E-state index in [2.05, 4.69) is 0 Å². The van der Waals surface area contributed by atoms with Crippen LogP contribution in [0.25, 0.3) is 6.08 Å². The largest absolute Gasteiger partial charge is 0.493 e. The first-order chi connectivity index (χ1) is 10.8. The summed E-state index contributed by atoms with van der Waals surface area (Å²) in [4.78, 5) is 11.3. The summed E-state index contributed by atoms with van der Waals surface area (Å²) in [5, 5.41) is 2.02. The molecule has 23 heavy (non-hydrogen) atoms. The number of methoxy groups -OCH3 is 1. The maximum atomic E-state index is 12.0. The van der Waals surface area contributed by atoms with Crippen LogP contribution >= 0.6 is 11.6 Å². The standard InChI is InChI=1S/C15H17ClF3NO3/c1-3-6-23-14-11(16)7-10(8-12(14)22-2)4-5-13(21)20-9-15(17,18)19/h4-5,7-8H,3,6,9H2,1-2H3,(H,20,21)/b5-4+.